The molecule has 1 aliphatic heterocycles. The van der Waals surface area contributed by atoms with Crippen LogP contribution in [0.25, 0.3) is 0 Å². The van der Waals surface area contributed by atoms with Crippen LogP contribution in [0.3, 0.4) is 0 Å². The first kappa shape index (κ1) is 60.7. The van der Waals surface area contributed by atoms with E-state index >= 15 is 0 Å². The van der Waals surface area contributed by atoms with Crippen molar-refractivity contribution in [2.75, 3.05) is 133 Å². The van der Waals surface area contributed by atoms with Gasteiger partial charge < -0.3 is 57.5 Å². The molecule has 350 valence electrons. The molecule has 0 spiro atoms. The molecule has 0 unspecified atom stereocenters. The lowest BCUT2D eigenvalue weighted by atomic mass is 10.2. The fourth-order valence-electron chi connectivity index (χ4n) is 3.85. The molecule has 0 atom stereocenters. The van der Waals surface area contributed by atoms with Crippen molar-refractivity contribution in [1.82, 2.24) is 9.80 Å². The van der Waals surface area contributed by atoms with Crippen molar-refractivity contribution in [3.8, 4) is 0 Å². The topological polar surface area (TPSA) is 178 Å². The Bertz CT molecular complexity index is 1170. The van der Waals surface area contributed by atoms with E-state index in [4.69, 9.17) is 47.7 Å². The molecule has 0 saturated carbocycles. The molecule has 1 aromatic carbocycles. The summed E-state index contributed by atoms with van der Waals surface area (Å²) in [6.45, 7) is 24.1. The second-order valence-corrected chi connectivity index (χ2v) is 17.1. The monoisotopic (exact) mass is 871 g/mol. The zero-order chi connectivity index (χ0) is 44.3. The third kappa shape index (κ3) is 43.3. The Balaban J connectivity index is -0.000000770. The van der Waals surface area contributed by atoms with Gasteiger partial charge in [0.1, 0.15) is 11.2 Å². The van der Waals surface area contributed by atoms with E-state index in [-0.39, 0.29) is 26.2 Å². The number of aliphatic hydroxyl groups excluding tert-OH is 1. The highest BCUT2D eigenvalue weighted by Gasteiger charge is 2.20. The van der Waals surface area contributed by atoms with E-state index in [1.54, 1.807) is 38.4 Å². The van der Waals surface area contributed by atoms with E-state index in [1.165, 1.54) is 28.9 Å². The summed E-state index contributed by atoms with van der Waals surface area (Å²) in [7, 11) is 0.347. The fraction of sp³-hybridized carbons (Fsp3) is 0.810. The van der Waals surface area contributed by atoms with E-state index in [0.29, 0.717) is 90.7 Å². The molecule has 0 aliphatic carbocycles. The van der Waals surface area contributed by atoms with E-state index < -0.39 is 21.0 Å². The lowest BCUT2D eigenvalue weighted by Crippen LogP contribution is -2.36. The Morgan fingerprint density at radius 2 is 0.983 bits per heavy atom. The van der Waals surface area contributed by atoms with Crippen LogP contribution in [0.2, 0.25) is 0 Å². The van der Waals surface area contributed by atoms with Crippen LogP contribution in [0.1, 0.15) is 80.7 Å². The van der Waals surface area contributed by atoms with Crippen molar-refractivity contribution in [2.24, 2.45) is 0 Å². The van der Waals surface area contributed by atoms with Crippen LogP contribution in [-0.2, 0) is 52.5 Å². The predicted octanol–water partition coefficient (Wildman–Crippen LogP) is 6.04. The molecular weight excluding hydrogens is 789 g/mol. The summed E-state index contributed by atoms with van der Waals surface area (Å²) < 4.78 is 69.0. The van der Waals surface area contributed by atoms with Gasteiger partial charge in [0.05, 0.1) is 84.2 Å². The molecule has 0 radical (unpaired) electrons. The smallest absolute Gasteiger partial charge is 0.410 e. The molecule has 1 aliphatic rings. The largest absolute Gasteiger partial charge is 0.444 e. The maximum atomic E-state index is 11.7. The summed E-state index contributed by atoms with van der Waals surface area (Å²) >= 11 is 0. The minimum Gasteiger partial charge on any atom is -0.444 e. The average Bonchev–Trinajstić information content (AvgIpc) is 3.73. The number of likely N-dealkylation sites (N-methyl/N-ethyl adjacent to an activating group) is 2. The van der Waals surface area contributed by atoms with E-state index in [9.17, 15) is 18.0 Å². The maximum absolute atomic E-state index is 11.7. The first-order chi connectivity index (χ1) is 27.2. The molecule has 1 saturated heterocycles. The number of amides is 2. The van der Waals surface area contributed by atoms with Crippen LogP contribution in [0.15, 0.2) is 29.2 Å². The van der Waals surface area contributed by atoms with Gasteiger partial charge in [0.2, 0.25) is 0 Å². The number of nitrogens with zero attached hydrogens (tertiary/aromatic N) is 2. The first-order valence-electron chi connectivity index (χ1n) is 20.0. The van der Waals surface area contributed by atoms with E-state index in [0.717, 1.165) is 31.8 Å². The normalized spacial score (nSPS) is 12.3. The number of carbonyl (C=O) groups is 2. The Morgan fingerprint density at radius 1 is 0.644 bits per heavy atom. The van der Waals surface area contributed by atoms with Crippen molar-refractivity contribution < 1.29 is 65.7 Å². The summed E-state index contributed by atoms with van der Waals surface area (Å²) in [6, 6.07) is 6.81. The average molecular weight is 871 g/mol. The van der Waals surface area contributed by atoms with Gasteiger partial charge in [-0.15, -0.1) is 0 Å². The molecule has 1 heterocycles. The second-order valence-electron chi connectivity index (χ2n) is 15.1. The Hall–Kier alpha value is -2.61. The number of sulfone groups is 1. The van der Waals surface area contributed by atoms with Gasteiger partial charge in [0.25, 0.3) is 0 Å². The quantitative estimate of drug-likeness (QED) is 0.126. The highest BCUT2D eigenvalue weighted by atomic mass is 32.2. The van der Waals surface area contributed by atoms with E-state index in [2.05, 4.69) is 6.92 Å². The third-order valence-electron chi connectivity index (χ3n) is 6.90. The molecule has 17 heteroatoms. The third-order valence-corrected chi connectivity index (χ3v) is 8.03. The fourth-order valence-corrected chi connectivity index (χ4v) is 4.48. The standard InChI is InChI=1S/C15H31NO5.C14H29NO6.C8H10O2S.C4H8O.CH4/c1-6-8-18-10-12-20-13-11-19-9-7-16(5)14(17)21-15(2,3)4;1-14(2,3)21-13(17)15(4)5-7-18-9-11-20-12-10-19-8-6-16;1-7-3-5-8(6-4-7)11(2,9)10;1-2-4-5-3-1;/h6-13H2,1-5H3;16H,5-12H2,1-4H3;3-6H,1-2H3;1-4H2;1H4. The van der Waals surface area contributed by atoms with Gasteiger partial charge in [-0.3, -0.25) is 0 Å². The lowest BCUT2D eigenvalue weighted by Gasteiger charge is -2.24. The molecule has 0 aromatic heterocycles. The number of carbonyl (C=O) groups excluding carboxylic acids is 2. The van der Waals surface area contributed by atoms with Crippen molar-refractivity contribution in [3.63, 3.8) is 0 Å². The summed E-state index contributed by atoms with van der Waals surface area (Å²) in [4.78, 5) is 26.7. The SMILES string of the molecule is C.C1CCOC1.CCCOCCOCCOCCN(C)C(=O)OC(C)(C)C.CN(CCOCCOCCOCCO)C(=O)OC(C)(C)C.Cc1ccc(S(C)(=O)=O)cc1. The molecular formula is C42H82N2O14S. The summed E-state index contributed by atoms with van der Waals surface area (Å²) in [6.07, 6.45) is 4.09. The lowest BCUT2D eigenvalue weighted by molar-refractivity contribution is 0.000889. The number of aliphatic hydroxyl groups is 1. The van der Waals surface area contributed by atoms with E-state index in [1.807, 2.05) is 48.5 Å². The molecule has 1 N–H and O–H groups in total. The van der Waals surface area contributed by atoms with Gasteiger partial charge in [0.15, 0.2) is 9.84 Å². The molecule has 2 rings (SSSR count). The highest BCUT2D eigenvalue weighted by molar-refractivity contribution is 7.90. The van der Waals surface area contributed by atoms with Crippen LogP contribution in [0, 0.1) is 6.92 Å². The minimum atomic E-state index is -3.02. The van der Waals surface area contributed by atoms with Gasteiger partial charge in [-0.05, 0) is 79.9 Å². The van der Waals surface area contributed by atoms with Crippen LogP contribution in [0.5, 0.6) is 0 Å². The van der Waals surface area contributed by atoms with Crippen molar-refractivity contribution in [3.05, 3.63) is 29.8 Å². The van der Waals surface area contributed by atoms with Gasteiger partial charge in [-0.25, -0.2) is 18.0 Å². The number of hydrogen-bond acceptors (Lipinski definition) is 14. The molecule has 2 amide bonds. The number of benzene rings is 1. The number of aryl methyl sites for hydroxylation is 1. The molecule has 1 fully saturated rings. The summed E-state index contributed by atoms with van der Waals surface area (Å²) in [5.41, 5.74) is 0.107. The maximum Gasteiger partial charge on any atom is 0.410 e. The van der Waals surface area contributed by atoms with Crippen molar-refractivity contribution in [2.45, 2.75) is 98.2 Å². The number of hydrogen-bond donors (Lipinski definition) is 1. The van der Waals surface area contributed by atoms with Crippen LogP contribution in [0.4, 0.5) is 9.59 Å². The van der Waals surface area contributed by atoms with Gasteiger partial charge in [-0.2, -0.15) is 0 Å². The Morgan fingerprint density at radius 3 is 1.27 bits per heavy atom. The van der Waals surface area contributed by atoms with Gasteiger partial charge in [-0.1, -0.05) is 32.0 Å². The zero-order valence-corrected chi connectivity index (χ0v) is 38.3. The summed E-state index contributed by atoms with van der Waals surface area (Å²) in [5.74, 6) is 0. The number of ether oxygens (including phenoxy) is 9. The van der Waals surface area contributed by atoms with Gasteiger partial charge >= 0.3 is 12.2 Å². The molecule has 1 aromatic rings. The predicted molar refractivity (Wildman–Crippen MR) is 231 cm³/mol. The van der Waals surface area contributed by atoms with Crippen LogP contribution < -0.4 is 0 Å². The highest BCUT2D eigenvalue weighted by Crippen LogP contribution is 2.10. The second kappa shape index (κ2) is 37.2. The van der Waals surface area contributed by atoms with Crippen molar-refractivity contribution >= 4 is 22.0 Å². The summed E-state index contributed by atoms with van der Waals surface area (Å²) in [5, 5.41) is 8.49. The minimum absolute atomic E-state index is 0. The Labute approximate surface area is 357 Å². The molecule has 59 heavy (non-hydrogen) atoms. The number of rotatable bonds is 23. The Kier molecular flexibility index (Phi) is 38.2. The molecule has 0 bridgehead atoms. The first-order valence-corrected chi connectivity index (χ1v) is 21.9. The zero-order valence-electron chi connectivity index (χ0n) is 37.5. The molecule has 16 nitrogen and oxygen atoms in total. The van der Waals surface area contributed by atoms with Gasteiger partial charge in [0, 0.05) is 53.3 Å². The van der Waals surface area contributed by atoms with Crippen molar-refractivity contribution in [1.29, 1.82) is 0 Å². The van der Waals surface area contributed by atoms with Crippen LogP contribution >= 0.6 is 0 Å². The van der Waals surface area contributed by atoms with Crippen LogP contribution in [-0.4, -0.2) is 179 Å².